The molecule has 0 saturated heterocycles. The molecule has 2 rings (SSSR count). The van der Waals surface area contributed by atoms with Gasteiger partial charge >= 0.3 is 5.69 Å². The van der Waals surface area contributed by atoms with Gasteiger partial charge in [-0.05, 0) is 48.2 Å². The normalized spacial score (nSPS) is 13.8. The van der Waals surface area contributed by atoms with Crippen LogP contribution >= 0.6 is 0 Å². The third kappa shape index (κ3) is 5.23. The lowest BCUT2D eigenvalue weighted by Crippen LogP contribution is -2.40. The monoisotopic (exact) mass is 403 g/mol. The highest BCUT2D eigenvalue weighted by Crippen LogP contribution is 2.36. The van der Waals surface area contributed by atoms with Crippen LogP contribution in [0.3, 0.4) is 0 Å². The van der Waals surface area contributed by atoms with Crippen molar-refractivity contribution in [2.45, 2.75) is 72.6 Å². The largest absolute Gasteiger partial charge is 0.417 e. The minimum atomic E-state index is -1.69. The first-order valence-corrected chi connectivity index (χ1v) is 13.0. The smallest absolute Gasteiger partial charge is 0.330 e. The van der Waals surface area contributed by atoms with Crippen molar-refractivity contribution in [3.63, 3.8) is 0 Å². The molecular formula is C22H37N3O2Si. The van der Waals surface area contributed by atoms with E-state index in [0.29, 0.717) is 6.54 Å². The summed E-state index contributed by atoms with van der Waals surface area (Å²) >= 11 is 0. The van der Waals surface area contributed by atoms with Crippen molar-refractivity contribution in [3.8, 4) is 0 Å². The van der Waals surface area contributed by atoms with E-state index in [4.69, 9.17) is 9.41 Å². The molecular weight excluding hydrogens is 366 g/mol. The maximum Gasteiger partial charge on any atom is 0.330 e. The van der Waals surface area contributed by atoms with Crippen molar-refractivity contribution in [1.29, 1.82) is 0 Å². The van der Waals surface area contributed by atoms with E-state index in [2.05, 4.69) is 60.7 Å². The molecule has 0 aromatic carbocycles. The fourth-order valence-electron chi connectivity index (χ4n) is 2.81. The van der Waals surface area contributed by atoms with Gasteiger partial charge < -0.3 is 4.43 Å². The quantitative estimate of drug-likeness (QED) is 0.491. The summed E-state index contributed by atoms with van der Waals surface area (Å²) in [6.45, 7) is 19.1. The molecule has 0 aliphatic rings. The third-order valence-electron chi connectivity index (χ3n) is 5.48. The molecule has 0 aliphatic heterocycles. The van der Waals surface area contributed by atoms with Gasteiger partial charge in [-0.1, -0.05) is 47.6 Å². The van der Waals surface area contributed by atoms with Crippen molar-refractivity contribution in [3.05, 3.63) is 34.4 Å². The van der Waals surface area contributed by atoms with E-state index in [1.54, 1.807) is 11.6 Å². The summed E-state index contributed by atoms with van der Waals surface area (Å²) in [7, 11) is 0.0975. The minimum Gasteiger partial charge on any atom is -0.417 e. The summed E-state index contributed by atoms with van der Waals surface area (Å²) in [5.41, 5.74) is 2.50. The van der Waals surface area contributed by atoms with Crippen molar-refractivity contribution in [1.82, 2.24) is 14.1 Å². The second-order valence-corrected chi connectivity index (χ2v) is 15.2. The van der Waals surface area contributed by atoms with Gasteiger partial charge in [0.15, 0.2) is 14.0 Å². The standard InChI is InChI=1S/C22H37N3O2Si/c1-21(2,3)16-25-18-14-13-17(23-19(18)24(7)20(25)26)12-10-11-15-27-28(8,9)22(4,5)6/h10,12-14H,11,15-16H2,1-9H3/b12-10+. The Kier molecular flexibility index (Phi) is 6.46. The van der Waals surface area contributed by atoms with E-state index >= 15 is 0 Å². The van der Waals surface area contributed by atoms with Crippen LogP contribution in [0, 0.1) is 5.41 Å². The Labute approximate surface area is 170 Å². The minimum absolute atomic E-state index is 0.0127. The molecule has 2 heterocycles. The Bertz CT molecular complexity index is 909. The lowest BCUT2D eigenvalue weighted by atomic mass is 9.97. The summed E-state index contributed by atoms with van der Waals surface area (Å²) in [5.74, 6) is 0. The molecule has 28 heavy (non-hydrogen) atoms. The maximum atomic E-state index is 12.6. The van der Waals surface area contributed by atoms with Gasteiger partial charge in [-0.25, -0.2) is 9.78 Å². The topological polar surface area (TPSA) is 49.0 Å². The molecule has 156 valence electrons. The van der Waals surface area contributed by atoms with Gasteiger partial charge in [-0.2, -0.15) is 0 Å². The second-order valence-electron chi connectivity index (χ2n) is 10.4. The number of rotatable bonds is 6. The molecule has 0 spiro atoms. The number of hydrogen-bond donors (Lipinski definition) is 0. The Morgan fingerprint density at radius 3 is 2.36 bits per heavy atom. The summed E-state index contributed by atoms with van der Waals surface area (Å²) in [5, 5.41) is 0.230. The van der Waals surface area contributed by atoms with Gasteiger partial charge in [0.2, 0.25) is 0 Å². The van der Waals surface area contributed by atoms with Crippen molar-refractivity contribution in [2.75, 3.05) is 6.61 Å². The summed E-state index contributed by atoms with van der Waals surface area (Å²) < 4.78 is 9.67. The highest BCUT2D eigenvalue weighted by molar-refractivity contribution is 6.74. The number of nitrogens with zero attached hydrogens (tertiary/aromatic N) is 3. The maximum absolute atomic E-state index is 12.6. The van der Waals surface area contributed by atoms with Gasteiger partial charge in [0, 0.05) is 20.2 Å². The predicted molar refractivity (Wildman–Crippen MR) is 121 cm³/mol. The Morgan fingerprint density at radius 1 is 1.14 bits per heavy atom. The molecule has 2 aromatic rings. The van der Waals surface area contributed by atoms with Gasteiger partial charge in [-0.3, -0.25) is 9.13 Å². The van der Waals surface area contributed by atoms with Gasteiger partial charge in [0.05, 0.1) is 11.2 Å². The second kappa shape index (κ2) is 7.99. The number of hydrogen-bond acceptors (Lipinski definition) is 3. The number of imidazole rings is 1. The molecule has 0 unspecified atom stereocenters. The van der Waals surface area contributed by atoms with Crippen LogP contribution in [0.5, 0.6) is 0 Å². The van der Waals surface area contributed by atoms with Crippen LogP contribution in [-0.2, 0) is 18.0 Å². The molecule has 5 nitrogen and oxygen atoms in total. The van der Waals surface area contributed by atoms with Crippen molar-refractivity contribution >= 4 is 25.6 Å². The number of aromatic nitrogens is 3. The molecule has 0 aliphatic carbocycles. The zero-order valence-corrected chi connectivity index (χ0v) is 20.1. The molecule has 0 saturated carbocycles. The molecule has 0 bridgehead atoms. The van der Waals surface area contributed by atoms with Crippen LogP contribution in [0.4, 0.5) is 0 Å². The summed E-state index contributed by atoms with van der Waals surface area (Å²) in [4.78, 5) is 17.3. The first-order valence-electron chi connectivity index (χ1n) is 10.1. The zero-order valence-electron chi connectivity index (χ0n) is 19.1. The van der Waals surface area contributed by atoms with Gasteiger partial charge in [0.25, 0.3) is 0 Å². The molecule has 6 heteroatoms. The van der Waals surface area contributed by atoms with Gasteiger partial charge in [-0.15, -0.1) is 0 Å². The summed E-state index contributed by atoms with van der Waals surface area (Å²) in [6.07, 6.45) is 4.97. The van der Waals surface area contributed by atoms with E-state index in [0.717, 1.165) is 29.9 Å². The third-order valence-corrected chi connectivity index (χ3v) is 10.0. The van der Waals surface area contributed by atoms with Crippen molar-refractivity contribution < 1.29 is 4.43 Å². The average Bonchev–Trinajstić information content (AvgIpc) is 2.77. The molecule has 2 aromatic heterocycles. The van der Waals surface area contributed by atoms with Crippen LogP contribution in [-0.4, -0.2) is 29.0 Å². The SMILES string of the molecule is Cn1c(=O)n(CC(C)(C)C)c2ccc(/C=C/CCO[Si](C)(C)C(C)(C)C)nc21. The Balaban J connectivity index is 2.12. The lowest BCUT2D eigenvalue weighted by molar-refractivity contribution is 0.294. The fourth-order valence-corrected chi connectivity index (χ4v) is 3.87. The van der Waals surface area contributed by atoms with Crippen LogP contribution in [0.1, 0.15) is 53.7 Å². The Morgan fingerprint density at radius 2 is 1.79 bits per heavy atom. The van der Waals surface area contributed by atoms with E-state index in [9.17, 15) is 4.79 Å². The molecule has 0 N–H and O–H groups in total. The van der Waals surface area contributed by atoms with Crippen LogP contribution in [0.25, 0.3) is 17.2 Å². The molecule has 0 radical (unpaired) electrons. The first-order chi connectivity index (χ1) is 12.7. The highest BCUT2D eigenvalue weighted by Gasteiger charge is 2.36. The van der Waals surface area contributed by atoms with E-state index < -0.39 is 8.32 Å². The first kappa shape index (κ1) is 22.6. The van der Waals surface area contributed by atoms with E-state index in [-0.39, 0.29) is 16.1 Å². The number of aryl methyl sites for hydroxylation is 1. The van der Waals surface area contributed by atoms with E-state index in [1.807, 2.05) is 22.8 Å². The van der Waals surface area contributed by atoms with Crippen molar-refractivity contribution in [2.24, 2.45) is 12.5 Å². The summed E-state index contributed by atoms with van der Waals surface area (Å²) in [6, 6.07) is 3.98. The van der Waals surface area contributed by atoms with Crippen LogP contribution < -0.4 is 5.69 Å². The molecule has 0 fully saturated rings. The molecule has 0 atom stereocenters. The average molecular weight is 404 g/mol. The Hall–Kier alpha value is -1.66. The number of fused-ring (bicyclic) bond motifs is 1. The fraction of sp³-hybridized carbons (Fsp3) is 0.636. The van der Waals surface area contributed by atoms with Crippen LogP contribution in [0.15, 0.2) is 23.0 Å². The zero-order chi connectivity index (χ0) is 21.3. The van der Waals surface area contributed by atoms with E-state index in [1.165, 1.54) is 0 Å². The highest BCUT2D eigenvalue weighted by atomic mass is 28.4. The number of pyridine rings is 1. The van der Waals surface area contributed by atoms with Crippen LogP contribution in [0.2, 0.25) is 18.1 Å². The van der Waals surface area contributed by atoms with Gasteiger partial charge in [0.1, 0.15) is 0 Å². The predicted octanol–water partition coefficient (Wildman–Crippen LogP) is 5.21. The molecule has 0 amide bonds. The lowest BCUT2D eigenvalue weighted by Gasteiger charge is -2.36.